The zero-order valence-electron chi connectivity index (χ0n) is 16.9. The van der Waals surface area contributed by atoms with Crippen LogP contribution in [0, 0.1) is 0 Å². The van der Waals surface area contributed by atoms with Crippen molar-refractivity contribution >= 4 is 34.6 Å². The number of rotatable bonds is 6. The molecular formula is C21H30ClN5S. The lowest BCUT2D eigenvalue weighted by Crippen LogP contribution is -2.45. The summed E-state index contributed by atoms with van der Waals surface area (Å²) in [7, 11) is 3.98. The minimum absolute atomic E-state index is 0.444. The number of halogens is 1. The van der Waals surface area contributed by atoms with Gasteiger partial charge in [0.1, 0.15) is 0 Å². The summed E-state index contributed by atoms with van der Waals surface area (Å²) in [5.74, 6) is 1.24. The van der Waals surface area contributed by atoms with Gasteiger partial charge in [0.2, 0.25) is 0 Å². The van der Waals surface area contributed by atoms with Gasteiger partial charge < -0.3 is 20.4 Å². The van der Waals surface area contributed by atoms with E-state index in [9.17, 15) is 0 Å². The number of guanidine groups is 1. The second-order valence-corrected chi connectivity index (χ2v) is 8.64. The summed E-state index contributed by atoms with van der Waals surface area (Å²) in [6, 6.07) is 10.5. The SMILES string of the molecule is CN=C(NCc1c(Cl)cccc1N1CCN(C)CC1)NCC(C)c1cccs1. The molecule has 1 aromatic heterocycles. The first-order chi connectivity index (χ1) is 13.6. The van der Waals surface area contributed by atoms with E-state index >= 15 is 0 Å². The van der Waals surface area contributed by atoms with Crippen LogP contribution in [0.15, 0.2) is 40.7 Å². The molecule has 3 rings (SSSR count). The van der Waals surface area contributed by atoms with E-state index in [1.165, 1.54) is 10.6 Å². The molecule has 7 heteroatoms. The molecular weight excluding hydrogens is 390 g/mol. The Bertz CT molecular complexity index is 769. The van der Waals surface area contributed by atoms with Gasteiger partial charge in [0.15, 0.2) is 5.96 Å². The molecule has 0 bridgehead atoms. The summed E-state index contributed by atoms with van der Waals surface area (Å²) in [5, 5.41) is 9.79. The molecule has 0 amide bonds. The van der Waals surface area contributed by atoms with Gasteiger partial charge in [-0.2, -0.15) is 0 Å². The first-order valence-electron chi connectivity index (χ1n) is 9.77. The van der Waals surface area contributed by atoms with Crippen LogP contribution in [0.1, 0.15) is 23.3 Å². The van der Waals surface area contributed by atoms with Gasteiger partial charge >= 0.3 is 0 Å². The molecule has 1 unspecified atom stereocenters. The van der Waals surface area contributed by atoms with Gasteiger partial charge in [-0.25, -0.2) is 0 Å². The van der Waals surface area contributed by atoms with Crippen LogP contribution in [0.2, 0.25) is 5.02 Å². The highest BCUT2D eigenvalue weighted by Crippen LogP contribution is 2.28. The Morgan fingerprint density at radius 3 is 2.64 bits per heavy atom. The molecule has 1 fully saturated rings. The number of likely N-dealkylation sites (N-methyl/N-ethyl adjacent to an activating group) is 1. The smallest absolute Gasteiger partial charge is 0.191 e. The van der Waals surface area contributed by atoms with Crippen LogP contribution in [-0.2, 0) is 6.54 Å². The van der Waals surface area contributed by atoms with Crippen molar-refractivity contribution in [3.8, 4) is 0 Å². The highest BCUT2D eigenvalue weighted by Gasteiger charge is 2.18. The zero-order valence-corrected chi connectivity index (χ0v) is 18.5. The number of benzene rings is 1. The first kappa shape index (κ1) is 21.0. The van der Waals surface area contributed by atoms with E-state index in [4.69, 9.17) is 11.6 Å². The summed E-state index contributed by atoms with van der Waals surface area (Å²) < 4.78 is 0. The monoisotopic (exact) mass is 419 g/mol. The fraction of sp³-hybridized carbons (Fsp3) is 0.476. The molecule has 2 N–H and O–H groups in total. The molecule has 1 aliphatic heterocycles. The van der Waals surface area contributed by atoms with Crippen LogP contribution in [0.5, 0.6) is 0 Å². The van der Waals surface area contributed by atoms with E-state index in [0.29, 0.717) is 12.5 Å². The number of nitrogens with one attached hydrogen (secondary N) is 2. The average molecular weight is 420 g/mol. The zero-order chi connectivity index (χ0) is 19.9. The summed E-state index contributed by atoms with van der Waals surface area (Å²) in [4.78, 5) is 10.5. The van der Waals surface area contributed by atoms with Crippen molar-refractivity contribution in [2.75, 3.05) is 51.7 Å². The predicted molar refractivity (Wildman–Crippen MR) is 122 cm³/mol. The number of nitrogens with zero attached hydrogens (tertiary/aromatic N) is 3. The molecule has 2 heterocycles. The van der Waals surface area contributed by atoms with E-state index in [0.717, 1.165) is 49.3 Å². The third-order valence-corrected chi connectivity index (χ3v) is 6.66. The average Bonchev–Trinajstić information content (AvgIpc) is 3.24. The number of anilines is 1. The third kappa shape index (κ3) is 5.40. The van der Waals surface area contributed by atoms with Crippen LogP contribution in [0.25, 0.3) is 0 Å². The maximum Gasteiger partial charge on any atom is 0.191 e. The van der Waals surface area contributed by atoms with Gasteiger partial charge in [0.05, 0.1) is 0 Å². The lowest BCUT2D eigenvalue weighted by Gasteiger charge is -2.35. The van der Waals surface area contributed by atoms with E-state index in [1.54, 1.807) is 18.4 Å². The van der Waals surface area contributed by atoms with Gasteiger partial charge in [-0.3, -0.25) is 4.99 Å². The highest BCUT2D eigenvalue weighted by atomic mass is 35.5. The number of piperazine rings is 1. The Balaban J connectivity index is 1.61. The molecule has 0 spiro atoms. The van der Waals surface area contributed by atoms with Crippen LogP contribution < -0.4 is 15.5 Å². The molecule has 1 saturated heterocycles. The van der Waals surface area contributed by atoms with E-state index < -0.39 is 0 Å². The predicted octanol–water partition coefficient (Wildman–Crippen LogP) is 3.62. The third-order valence-electron chi connectivity index (χ3n) is 5.20. The Hall–Kier alpha value is -1.76. The molecule has 2 aromatic rings. The van der Waals surface area contributed by atoms with Crippen molar-refractivity contribution in [1.82, 2.24) is 15.5 Å². The lowest BCUT2D eigenvalue weighted by atomic mass is 10.1. The Labute approximate surface area is 177 Å². The van der Waals surface area contributed by atoms with Crippen LogP contribution in [0.3, 0.4) is 0 Å². The summed E-state index contributed by atoms with van der Waals surface area (Å²) >= 11 is 8.36. The normalized spacial score (nSPS) is 16.9. The van der Waals surface area contributed by atoms with Crippen LogP contribution in [-0.4, -0.2) is 57.7 Å². The van der Waals surface area contributed by atoms with Crippen molar-refractivity contribution in [2.45, 2.75) is 19.4 Å². The second kappa shape index (κ2) is 10.1. The number of thiophene rings is 1. The first-order valence-corrected chi connectivity index (χ1v) is 11.0. The van der Waals surface area contributed by atoms with Gasteiger partial charge in [-0.05, 0) is 30.6 Å². The molecule has 1 aromatic carbocycles. The van der Waals surface area contributed by atoms with Gasteiger partial charge in [-0.15, -0.1) is 11.3 Å². The quantitative estimate of drug-likeness (QED) is 0.554. The number of hydrogen-bond acceptors (Lipinski definition) is 4. The molecule has 0 aliphatic carbocycles. The molecule has 0 radical (unpaired) electrons. The van der Waals surface area contributed by atoms with Crippen molar-refractivity contribution < 1.29 is 0 Å². The standard InChI is InChI=1S/C21H30ClN5S/c1-16(20-8-5-13-28-20)14-24-21(23-2)25-15-17-18(22)6-4-7-19(17)27-11-9-26(3)10-12-27/h4-8,13,16H,9-12,14-15H2,1-3H3,(H2,23,24,25). The summed E-state index contributed by atoms with van der Waals surface area (Å²) in [6.07, 6.45) is 0. The Morgan fingerprint density at radius 1 is 1.18 bits per heavy atom. The Kier molecular flexibility index (Phi) is 7.59. The van der Waals surface area contributed by atoms with E-state index in [1.807, 2.05) is 12.1 Å². The molecule has 0 saturated carbocycles. The minimum atomic E-state index is 0.444. The molecule has 1 aliphatic rings. The van der Waals surface area contributed by atoms with Crippen molar-refractivity contribution in [3.63, 3.8) is 0 Å². The maximum absolute atomic E-state index is 6.56. The van der Waals surface area contributed by atoms with Crippen LogP contribution >= 0.6 is 22.9 Å². The molecule has 5 nitrogen and oxygen atoms in total. The molecule has 152 valence electrons. The maximum atomic E-state index is 6.56. The lowest BCUT2D eigenvalue weighted by molar-refractivity contribution is 0.312. The van der Waals surface area contributed by atoms with Crippen LogP contribution in [0.4, 0.5) is 5.69 Å². The fourth-order valence-corrected chi connectivity index (χ4v) is 4.40. The van der Waals surface area contributed by atoms with E-state index in [2.05, 4.69) is 63.0 Å². The van der Waals surface area contributed by atoms with Gasteiger partial charge in [0.25, 0.3) is 0 Å². The van der Waals surface area contributed by atoms with Crippen molar-refractivity contribution in [3.05, 3.63) is 51.2 Å². The molecule has 28 heavy (non-hydrogen) atoms. The topological polar surface area (TPSA) is 42.9 Å². The second-order valence-electron chi connectivity index (χ2n) is 7.25. The summed E-state index contributed by atoms with van der Waals surface area (Å²) in [5.41, 5.74) is 2.35. The number of hydrogen-bond donors (Lipinski definition) is 2. The van der Waals surface area contributed by atoms with Gasteiger partial charge in [-0.1, -0.05) is 30.7 Å². The van der Waals surface area contributed by atoms with Crippen molar-refractivity contribution in [1.29, 1.82) is 0 Å². The molecule has 1 atom stereocenters. The minimum Gasteiger partial charge on any atom is -0.369 e. The fourth-order valence-electron chi connectivity index (χ4n) is 3.38. The van der Waals surface area contributed by atoms with Gasteiger partial charge in [0, 0.05) is 73.4 Å². The highest BCUT2D eigenvalue weighted by molar-refractivity contribution is 7.10. The summed E-state index contributed by atoms with van der Waals surface area (Å²) in [6.45, 7) is 7.91. The van der Waals surface area contributed by atoms with Crippen molar-refractivity contribution in [2.24, 2.45) is 4.99 Å². The largest absolute Gasteiger partial charge is 0.369 e. The Morgan fingerprint density at radius 2 is 1.96 bits per heavy atom. The number of aliphatic imine (C=N–C) groups is 1. The van der Waals surface area contributed by atoms with E-state index in [-0.39, 0.29) is 0 Å².